The Morgan fingerprint density at radius 1 is 1.30 bits per heavy atom. The monoisotopic (exact) mass is 289 g/mol. The van der Waals surface area contributed by atoms with Crippen LogP contribution in [0.5, 0.6) is 0 Å². The summed E-state index contributed by atoms with van der Waals surface area (Å²) in [5.41, 5.74) is 6.96. The number of rotatable bonds is 3. The first-order valence-corrected chi connectivity index (χ1v) is 6.20. The highest BCUT2D eigenvalue weighted by atomic mass is 32.1. The second-order valence-corrected chi connectivity index (χ2v) is 4.55. The molecule has 20 heavy (non-hydrogen) atoms. The van der Waals surface area contributed by atoms with Gasteiger partial charge in [-0.15, -0.1) is 0 Å². The maximum Gasteiger partial charge on any atom is 0.276 e. The number of hydrogen-bond acceptors (Lipinski definition) is 3. The van der Waals surface area contributed by atoms with Crippen molar-refractivity contribution in [1.29, 1.82) is 0 Å². The quantitative estimate of drug-likeness (QED) is 0.879. The Labute approximate surface area is 121 Å². The van der Waals surface area contributed by atoms with Crippen molar-refractivity contribution >= 4 is 28.8 Å². The lowest BCUT2D eigenvalue weighted by Crippen LogP contribution is -2.29. The molecule has 0 aliphatic rings. The number of carbonyl (C=O) groups excluding carboxylic acids is 1. The minimum absolute atomic E-state index is 0.145. The molecule has 0 spiro atoms. The van der Waals surface area contributed by atoms with Gasteiger partial charge < -0.3 is 10.6 Å². The minimum Gasteiger partial charge on any atom is -0.389 e. The van der Waals surface area contributed by atoms with Crippen molar-refractivity contribution in [2.75, 3.05) is 11.9 Å². The van der Waals surface area contributed by atoms with Crippen LogP contribution in [0.25, 0.3) is 0 Å². The standard InChI is InChI=1S/C14H12FN3OS/c1-18(12-5-3-2-4-10(12)13(16)20)14(19)11-7-6-9(15)8-17-11/h2-8H,1H3,(H2,16,20). The summed E-state index contributed by atoms with van der Waals surface area (Å²) in [7, 11) is 1.59. The molecule has 2 N–H and O–H groups in total. The number of thiocarbonyl (C=S) groups is 1. The molecule has 0 saturated carbocycles. The largest absolute Gasteiger partial charge is 0.389 e. The molecule has 0 bridgehead atoms. The predicted octanol–water partition coefficient (Wildman–Crippen LogP) is 2.13. The van der Waals surface area contributed by atoms with E-state index < -0.39 is 5.82 Å². The summed E-state index contributed by atoms with van der Waals surface area (Å²) in [6, 6.07) is 9.55. The van der Waals surface area contributed by atoms with Gasteiger partial charge in [-0.2, -0.15) is 0 Å². The normalized spacial score (nSPS) is 10.1. The fourth-order valence-corrected chi connectivity index (χ4v) is 1.93. The summed E-state index contributed by atoms with van der Waals surface area (Å²) in [5.74, 6) is -0.860. The third-order valence-electron chi connectivity index (χ3n) is 2.78. The van der Waals surface area contributed by atoms with Crippen LogP contribution >= 0.6 is 12.2 Å². The lowest BCUT2D eigenvalue weighted by Gasteiger charge is -2.19. The van der Waals surface area contributed by atoms with Crippen LogP contribution < -0.4 is 10.6 Å². The first-order chi connectivity index (χ1) is 9.50. The number of nitrogens with two attached hydrogens (primary N) is 1. The summed E-state index contributed by atoms with van der Waals surface area (Å²) in [4.78, 5) is 17.6. The molecular weight excluding hydrogens is 277 g/mol. The van der Waals surface area contributed by atoms with Crippen molar-refractivity contribution in [2.24, 2.45) is 5.73 Å². The number of nitrogens with zero attached hydrogens (tertiary/aromatic N) is 2. The molecular formula is C14H12FN3OS. The molecule has 0 unspecified atom stereocenters. The number of carbonyl (C=O) groups is 1. The van der Waals surface area contributed by atoms with Gasteiger partial charge in [0.15, 0.2) is 0 Å². The van der Waals surface area contributed by atoms with E-state index in [1.54, 1.807) is 31.3 Å². The van der Waals surface area contributed by atoms with Gasteiger partial charge >= 0.3 is 0 Å². The Morgan fingerprint density at radius 3 is 2.60 bits per heavy atom. The molecule has 1 amide bonds. The van der Waals surface area contributed by atoms with Crippen LogP contribution in [-0.2, 0) is 0 Å². The molecule has 6 heteroatoms. The summed E-state index contributed by atoms with van der Waals surface area (Å²) >= 11 is 4.96. The van der Waals surface area contributed by atoms with Gasteiger partial charge in [-0.3, -0.25) is 4.79 Å². The van der Waals surface area contributed by atoms with E-state index >= 15 is 0 Å². The summed E-state index contributed by atoms with van der Waals surface area (Å²) < 4.78 is 12.8. The van der Waals surface area contributed by atoms with E-state index in [0.29, 0.717) is 11.3 Å². The Morgan fingerprint density at radius 2 is 2.00 bits per heavy atom. The van der Waals surface area contributed by atoms with E-state index in [0.717, 1.165) is 6.20 Å². The van der Waals surface area contributed by atoms with Gasteiger partial charge in [-0.1, -0.05) is 24.4 Å². The number of anilines is 1. The van der Waals surface area contributed by atoms with Crippen LogP contribution in [0.15, 0.2) is 42.6 Å². The molecule has 4 nitrogen and oxygen atoms in total. The molecule has 1 heterocycles. The molecule has 2 rings (SSSR count). The first kappa shape index (κ1) is 14.1. The lowest BCUT2D eigenvalue weighted by atomic mass is 10.1. The zero-order valence-corrected chi connectivity index (χ0v) is 11.5. The molecule has 0 aliphatic heterocycles. The molecule has 0 aliphatic carbocycles. The van der Waals surface area contributed by atoms with Gasteiger partial charge in [0.05, 0.1) is 11.9 Å². The van der Waals surface area contributed by atoms with Crippen LogP contribution in [0.2, 0.25) is 0 Å². The topological polar surface area (TPSA) is 59.2 Å². The number of hydrogen-bond donors (Lipinski definition) is 1. The van der Waals surface area contributed by atoms with Crippen LogP contribution in [0.3, 0.4) is 0 Å². The second-order valence-electron chi connectivity index (χ2n) is 4.11. The highest BCUT2D eigenvalue weighted by molar-refractivity contribution is 7.80. The number of pyridine rings is 1. The van der Waals surface area contributed by atoms with Crippen molar-refractivity contribution in [2.45, 2.75) is 0 Å². The minimum atomic E-state index is -0.493. The molecule has 2 aromatic rings. The fraction of sp³-hybridized carbons (Fsp3) is 0.0714. The second kappa shape index (κ2) is 5.75. The maximum atomic E-state index is 12.8. The zero-order chi connectivity index (χ0) is 14.7. The molecule has 0 radical (unpaired) electrons. The van der Waals surface area contributed by atoms with Gasteiger partial charge in [-0.25, -0.2) is 9.37 Å². The molecule has 1 aromatic heterocycles. The van der Waals surface area contributed by atoms with Gasteiger partial charge in [0.25, 0.3) is 5.91 Å². The summed E-state index contributed by atoms with van der Waals surface area (Å²) in [6.45, 7) is 0. The molecule has 0 saturated heterocycles. The molecule has 0 fully saturated rings. The van der Waals surface area contributed by atoms with Gasteiger partial charge in [0, 0.05) is 12.6 Å². The Balaban J connectivity index is 2.36. The van der Waals surface area contributed by atoms with Crippen LogP contribution in [0.4, 0.5) is 10.1 Å². The predicted molar refractivity (Wildman–Crippen MR) is 79.3 cm³/mol. The average Bonchev–Trinajstić information content (AvgIpc) is 2.46. The third-order valence-corrected chi connectivity index (χ3v) is 3.00. The highest BCUT2D eigenvalue weighted by Gasteiger charge is 2.18. The molecule has 102 valence electrons. The maximum absolute atomic E-state index is 12.8. The van der Waals surface area contributed by atoms with Crippen LogP contribution in [0.1, 0.15) is 16.1 Å². The zero-order valence-electron chi connectivity index (χ0n) is 10.7. The van der Waals surface area contributed by atoms with E-state index in [2.05, 4.69) is 4.98 Å². The van der Waals surface area contributed by atoms with Crippen molar-refractivity contribution in [3.8, 4) is 0 Å². The van der Waals surface area contributed by atoms with E-state index in [4.69, 9.17) is 18.0 Å². The van der Waals surface area contributed by atoms with Gasteiger partial charge in [0.2, 0.25) is 0 Å². The van der Waals surface area contributed by atoms with Crippen molar-refractivity contribution in [1.82, 2.24) is 4.98 Å². The van der Waals surface area contributed by atoms with Gasteiger partial charge in [0.1, 0.15) is 16.5 Å². The number of aromatic nitrogens is 1. The Kier molecular flexibility index (Phi) is 4.05. The van der Waals surface area contributed by atoms with Crippen LogP contribution in [-0.4, -0.2) is 22.9 Å². The van der Waals surface area contributed by atoms with E-state index in [1.165, 1.54) is 17.0 Å². The first-order valence-electron chi connectivity index (χ1n) is 5.79. The summed E-state index contributed by atoms with van der Waals surface area (Å²) in [6.07, 6.45) is 1.00. The Bertz CT molecular complexity index is 658. The van der Waals surface area contributed by atoms with E-state index in [1.807, 2.05) is 0 Å². The Hall–Kier alpha value is -2.34. The highest BCUT2D eigenvalue weighted by Crippen LogP contribution is 2.20. The number of para-hydroxylation sites is 1. The van der Waals surface area contributed by atoms with Gasteiger partial charge in [-0.05, 0) is 24.3 Å². The SMILES string of the molecule is CN(C(=O)c1ccc(F)cn1)c1ccccc1C(N)=S. The third kappa shape index (κ3) is 2.80. The number of amides is 1. The summed E-state index contributed by atoms with van der Waals surface area (Å²) in [5, 5.41) is 0. The van der Waals surface area contributed by atoms with Crippen LogP contribution in [0, 0.1) is 5.82 Å². The smallest absolute Gasteiger partial charge is 0.276 e. The van der Waals surface area contributed by atoms with E-state index in [-0.39, 0.29) is 16.6 Å². The molecule has 1 aromatic carbocycles. The van der Waals surface area contributed by atoms with Crippen molar-refractivity contribution < 1.29 is 9.18 Å². The van der Waals surface area contributed by atoms with E-state index in [9.17, 15) is 9.18 Å². The fourth-order valence-electron chi connectivity index (χ4n) is 1.76. The lowest BCUT2D eigenvalue weighted by molar-refractivity contribution is 0.0988. The van der Waals surface area contributed by atoms with Crippen molar-refractivity contribution in [3.63, 3.8) is 0 Å². The average molecular weight is 289 g/mol. The molecule has 0 atom stereocenters. The number of halogens is 1. The van der Waals surface area contributed by atoms with Crippen molar-refractivity contribution in [3.05, 3.63) is 59.7 Å². The number of benzene rings is 1.